The SMILES string of the molecule is CC(NC(=O)N1CCC2(CCO2)CC1)c1nc2ccccc2n1C(F)F. The summed E-state index contributed by atoms with van der Waals surface area (Å²) >= 11 is 0. The number of piperidine rings is 1. The predicted octanol–water partition coefficient (Wildman–Crippen LogP) is 3.46. The van der Waals surface area contributed by atoms with Gasteiger partial charge in [0.2, 0.25) is 0 Å². The summed E-state index contributed by atoms with van der Waals surface area (Å²) in [6, 6.07) is 5.87. The Bertz CT molecular complexity index is 809. The minimum absolute atomic E-state index is 0.0357. The van der Waals surface area contributed by atoms with Crippen LogP contribution in [0.5, 0.6) is 0 Å². The van der Waals surface area contributed by atoms with Crippen molar-refractivity contribution in [2.75, 3.05) is 19.7 Å². The Balaban J connectivity index is 1.48. The molecule has 6 nitrogen and oxygen atoms in total. The molecule has 0 aliphatic carbocycles. The first-order valence-corrected chi connectivity index (χ1v) is 8.93. The van der Waals surface area contributed by atoms with Crippen molar-refractivity contribution in [3.8, 4) is 0 Å². The van der Waals surface area contributed by atoms with E-state index in [0.717, 1.165) is 30.4 Å². The number of benzene rings is 1. The Kier molecular flexibility index (Phi) is 4.30. The van der Waals surface area contributed by atoms with Crippen LogP contribution in [0.4, 0.5) is 13.6 Å². The van der Waals surface area contributed by atoms with E-state index in [-0.39, 0.29) is 17.5 Å². The fraction of sp³-hybridized carbons (Fsp3) is 0.556. The van der Waals surface area contributed by atoms with Crippen LogP contribution in [0.25, 0.3) is 11.0 Å². The van der Waals surface area contributed by atoms with E-state index in [9.17, 15) is 13.6 Å². The molecule has 8 heteroatoms. The zero-order valence-corrected chi connectivity index (χ0v) is 14.6. The second-order valence-corrected chi connectivity index (χ2v) is 7.05. The van der Waals surface area contributed by atoms with Crippen molar-refractivity contribution in [1.82, 2.24) is 19.8 Å². The summed E-state index contributed by atoms with van der Waals surface area (Å²) in [5, 5.41) is 2.82. The lowest BCUT2D eigenvalue weighted by Crippen LogP contribution is -2.55. The van der Waals surface area contributed by atoms with E-state index in [1.165, 1.54) is 0 Å². The highest BCUT2D eigenvalue weighted by Crippen LogP contribution is 2.36. The van der Waals surface area contributed by atoms with E-state index in [0.29, 0.717) is 24.1 Å². The van der Waals surface area contributed by atoms with Crippen LogP contribution in [0.15, 0.2) is 24.3 Å². The molecular weight excluding hydrogens is 342 g/mol. The molecule has 26 heavy (non-hydrogen) atoms. The second kappa shape index (κ2) is 6.50. The average Bonchev–Trinajstić information content (AvgIpc) is 3.00. The summed E-state index contributed by atoms with van der Waals surface area (Å²) in [6.07, 6.45) is 2.70. The highest BCUT2D eigenvalue weighted by molar-refractivity contribution is 5.77. The summed E-state index contributed by atoms with van der Waals surface area (Å²) in [4.78, 5) is 18.6. The molecule has 2 amide bonds. The van der Waals surface area contributed by atoms with Gasteiger partial charge < -0.3 is 15.0 Å². The summed E-state index contributed by atoms with van der Waals surface area (Å²) < 4.78 is 33.7. The van der Waals surface area contributed by atoms with Gasteiger partial charge in [-0.05, 0) is 38.3 Å². The van der Waals surface area contributed by atoms with Crippen LogP contribution < -0.4 is 5.32 Å². The summed E-state index contributed by atoms with van der Waals surface area (Å²) in [5.41, 5.74) is 0.818. The van der Waals surface area contributed by atoms with E-state index >= 15 is 0 Å². The number of likely N-dealkylation sites (tertiary alicyclic amines) is 1. The van der Waals surface area contributed by atoms with Crippen LogP contribution in [-0.2, 0) is 4.74 Å². The summed E-state index contributed by atoms with van der Waals surface area (Å²) in [5.74, 6) is 0.158. The number of amides is 2. The predicted molar refractivity (Wildman–Crippen MR) is 92.0 cm³/mol. The Labute approximate surface area is 150 Å². The minimum atomic E-state index is -2.72. The third-order valence-electron chi connectivity index (χ3n) is 5.47. The van der Waals surface area contributed by atoms with Crippen molar-refractivity contribution in [2.45, 2.75) is 44.4 Å². The van der Waals surface area contributed by atoms with Crippen LogP contribution >= 0.6 is 0 Å². The number of urea groups is 1. The Morgan fingerprint density at radius 2 is 1.96 bits per heavy atom. The molecule has 1 spiro atoms. The normalized spacial score (nSPS) is 20.4. The standard InChI is InChI=1S/C18H22F2N4O2/c1-12(15-22-13-4-2-3-5-14(13)24(15)16(19)20)21-17(25)23-9-6-18(7-10-23)8-11-26-18/h2-5,12,16H,6-11H2,1H3,(H,21,25). The second-order valence-electron chi connectivity index (χ2n) is 7.05. The number of alkyl halides is 2. The lowest BCUT2D eigenvalue weighted by Gasteiger charge is -2.47. The molecule has 1 N–H and O–H groups in total. The zero-order chi connectivity index (χ0) is 18.3. The molecule has 2 aliphatic rings. The first kappa shape index (κ1) is 17.2. The molecule has 1 unspecified atom stereocenters. The molecule has 2 aliphatic heterocycles. The smallest absolute Gasteiger partial charge is 0.320 e. The first-order chi connectivity index (χ1) is 12.5. The number of hydrogen-bond acceptors (Lipinski definition) is 3. The fourth-order valence-corrected chi connectivity index (χ4v) is 3.82. The minimum Gasteiger partial charge on any atom is -0.375 e. The molecule has 1 aromatic heterocycles. The number of imidazole rings is 1. The fourth-order valence-electron chi connectivity index (χ4n) is 3.82. The van der Waals surface area contributed by atoms with Gasteiger partial charge in [0.15, 0.2) is 0 Å². The molecule has 140 valence electrons. The number of ether oxygens (including phenoxy) is 1. The molecule has 2 aromatic rings. The summed E-state index contributed by atoms with van der Waals surface area (Å²) in [7, 11) is 0. The molecule has 4 rings (SSSR count). The van der Waals surface area contributed by atoms with Gasteiger partial charge in [-0.1, -0.05) is 12.1 Å². The van der Waals surface area contributed by atoms with Crippen molar-refractivity contribution >= 4 is 17.1 Å². The van der Waals surface area contributed by atoms with Crippen molar-refractivity contribution in [3.63, 3.8) is 0 Å². The molecule has 0 saturated carbocycles. The van der Waals surface area contributed by atoms with Crippen LogP contribution in [0.2, 0.25) is 0 Å². The van der Waals surface area contributed by atoms with Gasteiger partial charge in [-0.15, -0.1) is 0 Å². The highest BCUT2D eigenvalue weighted by atomic mass is 19.3. The van der Waals surface area contributed by atoms with E-state index in [2.05, 4.69) is 10.3 Å². The maximum atomic E-state index is 13.6. The largest absolute Gasteiger partial charge is 0.375 e. The van der Waals surface area contributed by atoms with Gasteiger partial charge in [-0.25, -0.2) is 9.78 Å². The molecule has 1 atom stereocenters. The van der Waals surface area contributed by atoms with Crippen LogP contribution in [-0.4, -0.2) is 45.8 Å². The Hall–Kier alpha value is -2.22. The zero-order valence-electron chi connectivity index (χ0n) is 14.6. The van der Waals surface area contributed by atoms with Crippen LogP contribution in [0.3, 0.4) is 0 Å². The number of aromatic nitrogens is 2. The van der Waals surface area contributed by atoms with Gasteiger partial charge in [0.05, 0.1) is 29.3 Å². The highest BCUT2D eigenvalue weighted by Gasteiger charge is 2.42. The maximum Gasteiger partial charge on any atom is 0.320 e. The summed E-state index contributed by atoms with van der Waals surface area (Å²) in [6.45, 7) is 0.987. The molecule has 1 aromatic carbocycles. The molecular formula is C18H22F2N4O2. The molecule has 0 radical (unpaired) electrons. The van der Waals surface area contributed by atoms with Gasteiger partial charge in [-0.3, -0.25) is 4.57 Å². The first-order valence-electron chi connectivity index (χ1n) is 8.93. The number of rotatable bonds is 3. The Morgan fingerprint density at radius 3 is 2.58 bits per heavy atom. The lowest BCUT2D eigenvalue weighted by atomic mass is 9.84. The van der Waals surface area contributed by atoms with Crippen molar-refractivity contribution in [2.24, 2.45) is 0 Å². The quantitative estimate of drug-likeness (QED) is 0.907. The third kappa shape index (κ3) is 2.92. The van der Waals surface area contributed by atoms with Crippen molar-refractivity contribution in [1.29, 1.82) is 0 Å². The number of carbonyl (C=O) groups excluding carboxylic acids is 1. The van der Waals surface area contributed by atoms with Crippen LogP contribution in [0, 0.1) is 0 Å². The number of carbonyl (C=O) groups is 1. The lowest BCUT2D eigenvalue weighted by molar-refractivity contribution is -0.169. The molecule has 3 heterocycles. The average molecular weight is 364 g/mol. The van der Waals surface area contributed by atoms with E-state index in [4.69, 9.17) is 4.74 Å². The van der Waals surface area contributed by atoms with Crippen molar-refractivity contribution < 1.29 is 18.3 Å². The van der Waals surface area contributed by atoms with Crippen molar-refractivity contribution in [3.05, 3.63) is 30.1 Å². The van der Waals surface area contributed by atoms with E-state index in [1.54, 1.807) is 36.1 Å². The number of halogens is 2. The number of para-hydroxylation sites is 2. The van der Waals surface area contributed by atoms with E-state index in [1.807, 2.05) is 0 Å². The van der Waals surface area contributed by atoms with Gasteiger partial charge in [0.1, 0.15) is 5.82 Å². The topological polar surface area (TPSA) is 59.4 Å². The Morgan fingerprint density at radius 1 is 1.27 bits per heavy atom. The van der Waals surface area contributed by atoms with Gasteiger partial charge in [0, 0.05) is 13.1 Å². The number of hydrogen-bond donors (Lipinski definition) is 1. The van der Waals surface area contributed by atoms with Gasteiger partial charge in [0.25, 0.3) is 0 Å². The maximum absolute atomic E-state index is 13.6. The molecule has 2 fully saturated rings. The molecule has 2 saturated heterocycles. The number of fused-ring (bicyclic) bond motifs is 1. The van der Waals surface area contributed by atoms with Crippen LogP contribution in [0.1, 0.15) is 44.6 Å². The van der Waals surface area contributed by atoms with Gasteiger partial charge in [-0.2, -0.15) is 8.78 Å². The monoisotopic (exact) mass is 364 g/mol. The molecule has 0 bridgehead atoms. The van der Waals surface area contributed by atoms with E-state index < -0.39 is 12.6 Å². The third-order valence-corrected chi connectivity index (χ3v) is 5.47. The van der Waals surface area contributed by atoms with Gasteiger partial charge >= 0.3 is 12.6 Å². The number of nitrogens with one attached hydrogen (secondary N) is 1. The number of nitrogens with zero attached hydrogens (tertiary/aromatic N) is 3.